The molecular weight excluding hydrogens is 352 g/mol. The van der Waals surface area contributed by atoms with E-state index >= 15 is 0 Å². The first-order chi connectivity index (χ1) is 12.6. The van der Waals surface area contributed by atoms with Gasteiger partial charge in [0.1, 0.15) is 6.33 Å². The van der Waals surface area contributed by atoms with E-state index in [1.807, 2.05) is 10.8 Å². The first-order valence-electron chi connectivity index (χ1n) is 8.71. The maximum absolute atomic E-state index is 12.2. The zero-order chi connectivity index (χ0) is 18.5. The summed E-state index contributed by atoms with van der Waals surface area (Å²) in [6.45, 7) is 0.738. The SMILES string of the molecule is COC(=O)C1CCC(Cn2cc(Cc3cncnc3)c(=O)[nH]c2=S)CC1. The molecule has 0 amide bonds. The number of carbonyl (C=O) groups is 1. The third kappa shape index (κ3) is 4.43. The minimum Gasteiger partial charge on any atom is -0.469 e. The lowest BCUT2D eigenvalue weighted by atomic mass is 9.82. The summed E-state index contributed by atoms with van der Waals surface area (Å²) in [4.78, 5) is 34.6. The van der Waals surface area contributed by atoms with Crippen molar-refractivity contribution in [2.24, 2.45) is 11.8 Å². The van der Waals surface area contributed by atoms with E-state index in [4.69, 9.17) is 17.0 Å². The Balaban J connectivity index is 1.70. The minimum atomic E-state index is -0.176. The van der Waals surface area contributed by atoms with Gasteiger partial charge in [-0.1, -0.05) is 0 Å². The van der Waals surface area contributed by atoms with Crippen molar-refractivity contribution in [1.29, 1.82) is 0 Å². The van der Waals surface area contributed by atoms with Gasteiger partial charge in [0, 0.05) is 37.1 Å². The quantitative estimate of drug-likeness (QED) is 0.638. The van der Waals surface area contributed by atoms with Crippen LogP contribution in [0.4, 0.5) is 0 Å². The van der Waals surface area contributed by atoms with Crippen molar-refractivity contribution in [3.8, 4) is 0 Å². The molecule has 0 radical (unpaired) electrons. The third-order valence-corrected chi connectivity index (χ3v) is 5.27. The summed E-state index contributed by atoms with van der Waals surface area (Å²) in [5, 5.41) is 0. The van der Waals surface area contributed by atoms with Crippen LogP contribution in [-0.2, 0) is 22.5 Å². The molecule has 0 spiro atoms. The standard InChI is InChI=1S/C18H22N4O3S/c1-25-17(24)14-4-2-12(3-5-14)9-22-10-15(16(23)21-18(22)26)6-13-7-19-11-20-8-13/h7-8,10-12,14H,2-6,9H2,1H3,(H,21,23,26). The Bertz CT molecular complexity index is 870. The molecule has 3 rings (SSSR count). The smallest absolute Gasteiger partial charge is 0.308 e. The number of nitrogens with one attached hydrogen (secondary N) is 1. The molecule has 0 saturated heterocycles. The van der Waals surface area contributed by atoms with Gasteiger partial charge in [-0.2, -0.15) is 0 Å². The van der Waals surface area contributed by atoms with Crippen molar-refractivity contribution in [3.63, 3.8) is 0 Å². The van der Waals surface area contributed by atoms with Crippen LogP contribution in [-0.4, -0.2) is 32.6 Å². The third-order valence-electron chi connectivity index (χ3n) is 4.93. The van der Waals surface area contributed by atoms with Crippen LogP contribution in [0, 0.1) is 16.6 Å². The molecule has 8 heteroatoms. The first-order valence-corrected chi connectivity index (χ1v) is 9.12. The van der Waals surface area contributed by atoms with Crippen LogP contribution in [0.5, 0.6) is 0 Å². The zero-order valence-electron chi connectivity index (χ0n) is 14.7. The molecule has 26 heavy (non-hydrogen) atoms. The van der Waals surface area contributed by atoms with Crippen molar-refractivity contribution < 1.29 is 9.53 Å². The Morgan fingerprint density at radius 1 is 1.31 bits per heavy atom. The Labute approximate surface area is 156 Å². The molecular formula is C18H22N4O3S. The van der Waals surface area contributed by atoms with Crippen molar-refractivity contribution >= 4 is 18.2 Å². The summed E-state index contributed by atoms with van der Waals surface area (Å²) < 4.78 is 7.20. The number of carbonyl (C=O) groups excluding carboxylic acids is 1. The van der Waals surface area contributed by atoms with E-state index in [1.165, 1.54) is 13.4 Å². The Morgan fingerprint density at radius 2 is 2.00 bits per heavy atom. The average Bonchev–Trinajstić information content (AvgIpc) is 2.66. The van der Waals surface area contributed by atoms with Crippen molar-refractivity contribution in [1.82, 2.24) is 19.5 Å². The number of ether oxygens (including phenoxy) is 1. The number of H-pyrrole nitrogens is 1. The highest BCUT2D eigenvalue weighted by Gasteiger charge is 2.27. The fourth-order valence-electron chi connectivity index (χ4n) is 3.48. The van der Waals surface area contributed by atoms with Gasteiger partial charge < -0.3 is 9.30 Å². The molecule has 1 aliphatic rings. The van der Waals surface area contributed by atoms with E-state index < -0.39 is 0 Å². The molecule has 1 N–H and O–H groups in total. The number of rotatable bonds is 5. The lowest BCUT2D eigenvalue weighted by molar-refractivity contribution is -0.146. The number of hydrogen-bond acceptors (Lipinski definition) is 6. The highest BCUT2D eigenvalue weighted by atomic mass is 32.1. The predicted molar refractivity (Wildman–Crippen MR) is 98.2 cm³/mol. The van der Waals surface area contributed by atoms with Crippen LogP contribution in [0.3, 0.4) is 0 Å². The van der Waals surface area contributed by atoms with Crippen LogP contribution in [0.2, 0.25) is 0 Å². The van der Waals surface area contributed by atoms with Crippen LogP contribution >= 0.6 is 12.2 Å². The molecule has 1 saturated carbocycles. The van der Waals surface area contributed by atoms with Gasteiger partial charge >= 0.3 is 5.97 Å². The fraction of sp³-hybridized carbons (Fsp3) is 0.500. The van der Waals surface area contributed by atoms with Crippen molar-refractivity contribution in [2.45, 2.75) is 38.6 Å². The highest BCUT2D eigenvalue weighted by Crippen LogP contribution is 2.30. The summed E-state index contributed by atoms with van der Waals surface area (Å²) >= 11 is 5.32. The summed E-state index contributed by atoms with van der Waals surface area (Å²) in [6, 6.07) is 0. The molecule has 0 aromatic carbocycles. The molecule has 1 aliphatic carbocycles. The molecule has 0 bridgehead atoms. The molecule has 138 valence electrons. The van der Waals surface area contributed by atoms with Crippen LogP contribution in [0.1, 0.15) is 36.8 Å². The van der Waals surface area contributed by atoms with Crippen molar-refractivity contribution in [2.75, 3.05) is 7.11 Å². The van der Waals surface area contributed by atoms with E-state index in [0.717, 1.165) is 37.8 Å². The Kier molecular flexibility index (Phi) is 5.92. The molecule has 0 aliphatic heterocycles. The second kappa shape index (κ2) is 8.35. The topological polar surface area (TPSA) is 89.9 Å². The van der Waals surface area contributed by atoms with Gasteiger partial charge in [0.25, 0.3) is 5.56 Å². The fourth-order valence-corrected chi connectivity index (χ4v) is 3.70. The average molecular weight is 374 g/mol. The number of hydrogen-bond donors (Lipinski definition) is 1. The monoisotopic (exact) mass is 374 g/mol. The van der Waals surface area contributed by atoms with E-state index in [2.05, 4.69) is 15.0 Å². The van der Waals surface area contributed by atoms with Gasteiger partial charge in [-0.05, 0) is 49.4 Å². The second-order valence-corrected chi connectivity index (χ2v) is 7.12. The van der Waals surface area contributed by atoms with Gasteiger partial charge in [0.15, 0.2) is 4.77 Å². The van der Waals surface area contributed by atoms with Crippen LogP contribution in [0.15, 0.2) is 29.7 Å². The maximum Gasteiger partial charge on any atom is 0.308 e. The van der Waals surface area contributed by atoms with Gasteiger partial charge in [-0.3, -0.25) is 14.6 Å². The van der Waals surface area contributed by atoms with Crippen molar-refractivity contribution in [3.05, 3.63) is 51.2 Å². The van der Waals surface area contributed by atoms with Gasteiger partial charge in [0.05, 0.1) is 13.0 Å². The molecule has 0 atom stereocenters. The van der Waals surface area contributed by atoms with E-state index in [-0.39, 0.29) is 17.4 Å². The van der Waals surface area contributed by atoms with Gasteiger partial charge in [-0.15, -0.1) is 0 Å². The lowest BCUT2D eigenvalue weighted by Crippen LogP contribution is -2.26. The Hall–Kier alpha value is -2.35. The summed E-state index contributed by atoms with van der Waals surface area (Å²) in [5.74, 6) is 0.325. The first kappa shape index (κ1) is 18.4. The maximum atomic E-state index is 12.2. The highest BCUT2D eigenvalue weighted by molar-refractivity contribution is 7.71. The van der Waals surface area contributed by atoms with Crippen LogP contribution in [0.25, 0.3) is 0 Å². The summed E-state index contributed by atoms with van der Waals surface area (Å²) in [6.07, 6.45) is 10.7. The van der Waals surface area contributed by atoms with Gasteiger partial charge in [0.2, 0.25) is 0 Å². The number of nitrogens with zero attached hydrogens (tertiary/aromatic N) is 3. The molecule has 0 unspecified atom stereocenters. The molecule has 2 aromatic heterocycles. The number of aromatic nitrogens is 4. The number of aromatic amines is 1. The predicted octanol–water partition coefficient (Wildman–Crippen LogP) is 2.27. The lowest BCUT2D eigenvalue weighted by Gasteiger charge is -2.27. The van der Waals surface area contributed by atoms with E-state index in [1.54, 1.807) is 12.4 Å². The Morgan fingerprint density at radius 3 is 2.65 bits per heavy atom. The molecule has 7 nitrogen and oxygen atoms in total. The van der Waals surface area contributed by atoms with Gasteiger partial charge in [-0.25, -0.2) is 9.97 Å². The van der Waals surface area contributed by atoms with E-state index in [0.29, 0.717) is 22.7 Å². The molecule has 1 fully saturated rings. The molecule has 2 aromatic rings. The number of methoxy groups -OCH3 is 1. The summed E-state index contributed by atoms with van der Waals surface area (Å²) in [7, 11) is 1.44. The van der Waals surface area contributed by atoms with E-state index in [9.17, 15) is 9.59 Å². The largest absolute Gasteiger partial charge is 0.469 e. The molecule has 2 heterocycles. The second-order valence-electron chi connectivity index (χ2n) is 6.73. The zero-order valence-corrected chi connectivity index (χ0v) is 15.5. The normalized spacial score (nSPS) is 19.9. The van der Waals surface area contributed by atoms with Crippen LogP contribution < -0.4 is 5.56 Å². The number of esters is 1. The summed E-state index contributed by atoms with van der Waals surface area (Å²) in [5.41, 5.74) is 1.33. The minimum absolute atomic E-state index is 0.00782.